The smallest absolute Gasteiger partial charge is 0.0287 e. The number of likely N-dealkylation sites (N-methyl/N-ethyl adjacent to an activating group) is 1. The van der Waals surface area contributed by atoms with E-state index in [4.69, 9.17) is 0 Å². The zero-order chi connectivity index (χ0) is 6.85. The van der Waals surface area contributed by atoms with Crippen molar-refractivity contribution in [2.45, 2.75) is 25.9 Å². The molecule has 1 radical (unpaired) electrons. The van der Waals surface area contributed by atoms with Gasteiger partial charge in [0.1, 0.15) is 0 Å². The average molecular weight is 127 g/mol. The first-order valence-electron chi connectivity index (χ1n) is 3.57. The topological polar surface area (TPSA) is 17.3 Å². The Hall–Kier alpha value is -0.0800. The lowest BCUT2D eigenvalue weighted by Gasteiger charge is -2.35. The summed E-state index contributed by atoms with van der Waals surface area (Å²) >= 11 is 0. The van der Waals surface area contributed by atoms with Crippen molar-refractivity contribution in [1.82, 2.24) is 10.2 Å². The second-order valence-corrected chi connectivity index (χ2v) is 2.95. The minimum absolute atomic E-state index is 0.647. The van der Waals surface area contributed by atoms with Crippen LogP contribution < -0.4 is 5.32 Å². The van der Waals surface area contributed by atoms with E-state index < -0.39 is 0 Å². The van der Waals surface area contributed by atoms with Crippen LogP contribution in [-0.2, 0) is 0 Å². The Morgan fingerprint density at radius 2 is 1.67 bits per heavy atom. The molecule has 1 aliphatic rings. The highest BCUT2D eigenvalue weighted by molar-refractivity contribution is 4.78. The van der Waals surface area contributed by atoms with Crippen LogP contribution in [0, 0.1) is 0 Å². The summed E-state index contributed by atoms with van der Waals surface area (Å²) in [6.45, 7) is 6.47. The molecule has 9 heavy (non-hydrogen) atoms. The Morgan fingerprint density at radius 3 is 2.00 bits per heavy atom. The van der Waals surface area contributed by atoms with E-state index >= 15 is 0 Å². The molecule has 1 aliphatic heterocycles. The molecule has 1 fully saturated rings. The summed E-state index contributed by atoms with van der Waals surface area (Å²) < 4.78 is 0. The van der Waals surface area contributed by atoms with Gasteiger partial charge in [-0.3, -0.25) is 4.90 Å². The number of hydrogen-bond acceptors (Lipinski definition) is 1. The average Bonchev–Trinajstić information content (AvgIpc) is 1.83. The van der Waals surface area contributed by atoms with Crippen LogP contribution in [0.5, 0.6) is 0 Å². The maximum Gasteiger partial charge on any atom is 0.0287 e. The van der Waals surface area contributed by atoms with Crippen molar-refractivity contribution in [3.63, 3.8) is 0 Å². The predicted octanol–water partition coefficient (Wildman–Crippen LogP) is 0.313. The highest BCUT2D eigenvalue weighted by atomic mass is 15.2. The van der Waals surface area contributed by atoms with Gasteiger partial charge in [-0.1, -0.05) is 0 Å². The third-order valence-corrected chi connectivity index (χ3v) is 2.18. The SMILES string of the molecule is CC1C[N]CC(C)N1C. The Balaban J connectivity index is 2.41. The van der Waals surface area contributed by atoms with E-state index in [0.717, 1.165) is 13.1 Å². The molecule has 1 heterocycles. The minimum atomic E-state index is 0.647. The van der Waals surface area contributed by atoms with Gasteiger partial charge in [0.2, 0.25) is 0 Å². The van der Waals surface area contributed by atoms with Gasteiger partial charge < -0.3 is 0 Å². The first kappa shape index (κ1) is 7.03. The molecule has 2 unspecified atom stereocenters. The van der Waals surface area contributed by atoms with E-state index in [1.165, 1.54) is 0 Å². The highest BCUT2D eigenvalue weighted by Crippen LogP contribution is 2.05. The normalized spacial score (nSPS) is 39.0. The molecule has 0 aromatic rings. The van der Waals surface area contributed by atoms with Crippen LogP contribution in [0.15, 0.2) is 0 Å². The molecule has 1 saturated heterocycles. The second kappa shape index (κ2) is 2.67. The molecule has 53 valence electrons. The summed E-state index contributed by atoms with van der Waals surface area (Å²) in [5.74, 6) is 0. The van der Waals surface area contributed by atoms with Crippen molar-refractivity contribution in [1.29, 1.82) is 0 Å². The van der Waals surface area contributed by atoms with Crippen LogP contribution in [0.1, 0.15) is 13.8 Å². The third kappa shape index (κ3) is 1.43. The van der Waals surface area contributed by atoms with Crippen LogP contribution in [-0.4, -0.2) is 37.1 Å². The van der Waals surface area contributed by atoms with Crippen molar-refractivity contribution < 1.29 is 0 Å². The molecule has 2 heteroatoms. The molecular weight excluding hydrogens is 112 g/mol. The van der Waals surface area contributed by atoms with Gasteiger partial charge in [-0.15, -0.1) is 0 Å². The molecule has 2 nitrogen and oxygen atoms in total. The summed E-state index contributed by atoms with van der Waals surface area (Å²) in [6.07, 6.45) is 0. The van der Waals surface area contributed by atoms with Crippen LogP contribution in [0.4, 0.5) is 0 Å². The monoisotopic (exact) mass is 127 g/mol. The molecule has 0 spiro atoms. The summed E-state index contributed by atoms with van der Waals surface area (Å²) in [4.78, 5) is 2.38. The molecule has 1 rings (SSSR count). The van der Waals surface area contributed by atoms with Crippen LogP contribution in [0.25, 0.3) is 0 Å². The second-order valence-electron chi connectivity index (χ2n) is 2.95. The summed E-state index contributed by atoms with van der Waals surface area (Å²) in [5.41, 5.74) is 0. The zero-order valence-corrected chi connectivity index (χ0v) is 6.46. The number of hydrogen-bond donors (Lipinski definition) is 0. The lowest BCUT2D eigenvalue weighted by molar-refractivity contribution is 0.150. The number of piperazine rings is 1. The van der Waals surface area contributed by atoms with E-state index in [2.05, 4.69) is 31.1 Å². The van der Waals surface area contributed by atoms with Crippen molar-refractivity contribution in [3.8, 4) is 0 Å². The Bertz CT molecular complexity index is 82.9. The summed E-state index contributed by atoms with van der Waals surface area (Å²) in [5, 5.41) is 4.35. The Morgan fingerprint density at radius 1 is 1.22 bits per heavy atom. The van der Waals surface area contributed by atoms with Gasteiger partial charge in [0.15, 0.2) is 0 Å². The fourth-order valence-electron chi connectivity index (χ4n) is 1.14. The standard InChI is InChI=1S/C7H15N2/c1-6-4-8-5-7(2)9(6)3/h6-7H,4-5H2,1-3H3. The van der Waals surface area contributed by atoms with Crippen LogP contribution >= 0.6 is 0 Å². The van der Waals surface area contributed by atoms with E-state index in [1.807, 2.05) is 0 Å². The Labute approximate surface area is 57.2 Å². The van der Waals surface area contributed by atoms with Gasteiger partial charge in [0.05, 0.1) is 0 Å². The van der Waals surface area contributed by atoms with Gasteiger partial charge in [-0.05, 0) is 20.9 Å². The van der Waals surface area contributed by atoms with Crippen molar-refractivity contribution in [2.24, 2.45) is 0 Å². The first-order valence-corrected chi connectivity index (χ1v) is 3.57. The Kier molecular flexibility index (Phi) is 2.09. The minimum Gasteiger partial charge on any atom is -0.298 e. The number of rotatable bonds is 0. The molecule has 0 N–H and O–H groups in total. The van der Waals surface area contributed by atoms with Crippen molar-refractivity contribution in [3.05, 3.63) is 0 Å². The molecule has 0 aliphatic carbocycles. The fraction of sp³-hybridized carbons (Fsp3) is 1.00. The molecule has 0 saturated carbocycles. The van der Waals surface area contributed by atoms with Crippen molar-refractivity contribution in [2.75, 3.05) is 20.1 Å². The highest BCUT2D eigenvalue weighted by Gasteiger charge is 2.20. The molecule has 0 aromatic heterocycles. The van der Waals surface area contributed by atoms with Gasteiger partial charge in [-0.25, -0.2) is 5.32 Å². The lowest BCUT2D eigenvalue weighted by atomic mass is 10.1. The van der Waals surface area contributed by atoms with E-state index in [9.17, 15) is 0 Å². The molecule has 0 amide bonds. The quantitative estimate of drug-likeness (QED) is 0.458. The van der Waals surface area contributed by atoms with Crippen LogP contribution in [0.2, 0.25) is 0 Å². The molecule has 2 atom stereocenters. The van der Waals surface area contributed by atoms with E-state index in [1.54, 1.807) is 0 Å². The van der Waals surface area contributed by atoms with Gasteiger partial charge in [-0.2, -0.15) is 0 Å². The largest absolute Gasteiger partial charge is 0.298 e. The van der Waals surface area contributed by atoms with Crippen LogP contribution in [0.3, 0.4) is 0 Å². The van der Waals surface area contributed by atoms with Gasteiger partial charge in [0.25, 0.3) is 0 Å². The maximum absolute atomic E-state index is 4.35. The van der Waals surface area contributed by atoms with Crippen molar-refractivity contribution >= 4 is 0 Å². The van der Waals surface area contributed by atoms with E-state index in [0.29, 0.717) is 12.1 Å². The fourth-order valence-corrected chi connectivity index (χ4v) is 1.14. The zero-order valence-electron chi connectivity index (χ0n) is 6.46. The number of nitrogens with zero attached hydrogens (tertiary/aromatic N) is 2. The van der Waals surface area contributed by atoms with E-state index in [-0.39, 0.29) is 0 Å². The van der Waals surface area contributed by atoms with Gasteiger partial charge in [0, 0.05) is 25.2 Å². The lowest BCUT2D eigenvalue weighted by Crippen LogP contribution is -2.50. The predicted molar refractivity (Wildman–Crippen MR) is 38.6 cm³/mol. The maximum atomic E-state index is 4.35. The first-order chi connectivity index (χ1) is 4.22. The molecule has 0 aromatic carbocycles. The third-order valence-electron chi connectivity index (χ3n) is 2.18. The summed E-state index contributed by atoms with van der Waals surface area (Å²) in [6, 6.07) is 1.29. The molecular formula is C7H15N2. The van der Waals surface area contributed by atoms with Gasteiger partial charge >= 0.3 is 0 Å². The molecule has 0 bridgehead atoms. The summed E-state index contributed by atoms with van der Waals surface area (Å²) in [7, 11) is 2.17.